The third kappa shape index (κ3) is 5.40. The Labute approximate surface area is 281 Å². The van der Waals surface area contributed by atoms with Crippen molar-refractivity contribution in [3.05, 3.63) is 139 Å². The first kappa shape index (κ1) is 30.0. The molecule has 0 amide bonds. The summed E-state index contributed by atoms with van der Waals surface area (Å²) in [6.45, 7) is 13.5. The Kier molecular flexibility index (Phi) is 6.92. The van der Waals surface area contributed by atoms with Crippen LogP contribution in [0.1, 0.15) is 52.7 Å². The predicted octanol–water partition coefficient (Wildman–Crippen LogP) is 13.0. The summed E-state index contributed by atoms with van der Waals surface area (Å²) in [7, 11) is 0. The molecule has 3 nitrogen and oxygen atoms in total. The molecule has 0 spiro atoms. The van der Waals surface area contributed by atoms with Gasteiger partial charge >= 0.3 is 0 Å². The topological polar surface area (TPSA) is 39.2 Å². The third-order valence-corrected chi connectivity index (χ3v) is 9.48. The van der Waals surface area contributed by atoms with Crippen LogP contribution >= 0.6 is 0 Å². The van der Waals surface area contributed by atoms with E-state index >= 15 is 0 Å². The molecule has 0 radical (unpaired) electrons. The van der Waals surface area contributed by atoms with Gasteiger partial charge in [0.15, 0.2) is 5.58 Å². The zero-order valence-corrected chi connectivity index (χ0v) is 28.4. The SMILES string of the molecule is CC(C)(C)c1ccc(-c2ccc3oc4c(-c5ccc(-c6nc7ccccc7o6)cc5)cc(-c5ccc(C(C)(C)C)cc5)cc4c3c2)cc1. The fourth-order valence-corrected chi connectivity index (χ4v) is 6.55. The molecule has 0 unspecified atom stereocenters. The average molecular weight is 626 g/mol. The number of oxazole rings is 1. The number of para-hydroxylation sites is 2. The zero-order valence-electron chi connectivity index (χ0n) is 28.4. The van der Waals surface area contributed by atoms with Crippen molar-refractivity contribution in [2.24, 2.45) is 0 Å². The number of rotatable bonds is 4. The van der Waals surface area contributed by atoms with Crippen LogP contribution < -0.4 is 0 Å². The fourth-order valence-electron chi connectivity index (χ4n) is 6.55. The maximum atomic E-state index is 6.67. The first-order valence-corrected chi connectivity index (χ1v) is 16.7. The highest BCUT2D eigenvalue weighted by Crippen LogP contribution is 2.42. The summed E-state index contributed by atoms with van der Waals surface area (Å²) in [5, 5.41) is 2.22. The molecule has 2 aromatic heterocycles. The van der Waals surface area contributed by atoms with E-state index in [4.69, 9.17) is 13.8 Å². The van der Waals surface area contributed by atoms with Crippen LogP contribution in [0.5, 0.6) is 0 Å². The maximum Gasteiger partial charge on any atom is 0.227 e. The van der Waals surface area contributed by atoms with E-state index in [9.17, 15) is 0 Å². The Morgan fingerprint density at radius 2 is 0.979 bits per heavy atom. The van der Waals surface area contributed by atoms with Crippen LogP contribution in [-0.2, 0) is 10.8 Å². The maximum absolute atomic E-state index is 6.67. The van der Waals surface area contributed by atoms with Crippen molar-refractivity contribution in [3.63, 3.8) is 0 Å². The molecule has 0 aliphatic heterocycles. The van der Waals surface area contributed by atoms with Crippen LogP contribution in [0.3, 0.4) is 0 Å². The van der Waals surface area contributed by atoms with Crippen molar-refractivity contribution in [2.75, 3.05) is 0 Å². The summed E-state index contributed by atoms with van der Waals surface area (Å²) in [6, 6.07) is 45.4. The summed E-state index contributed by atoms with van der Waals surface area (Å²) < 4.78 is 12.7. The lowest BCUT2D eigenvalue weighted by Crippen LogP contribution is -2.10. The molecule has 8 rings (SSSR count). The molecule has 2 heterocycles. The molecule has 0 bridgehead atoms. The van der Waals surface area contributed by atoms with Gasteiger partial charge < -0.3 is 8.83 Å². The molecule has 8 aromatic rings. The minimum atomic E-state index is 0.0896. The molecule has 48 heavy (non-hydrogen) atoms. The summed E-state index contributed by atoms with van der Waals surface area (Å²) in [4.78, 5) is 4.71. The van der Waals surface area contributed by atoms with Crippen molar-refractivity contribution in [1.82, 2.24) is 4.98 Å². The van der Waals surface area contributed by atoms with Crippen LogP contribution in [0.2, 0.25) is 0 Å². The Balaban J connectivity index is 1.27. The summed E-state index contributed by atoms with van der Waals surface area (Å²) >= 11 is 0. The molecule has 0 N–H and O–H groups in total. The standard InChI is InChI=1S/C45H39NO2/c1-44(2,3)34-20-15-28(16-21-34)32-19-24-40-37(25-32)38-27-33(29-17-22-35(23-18-29)45(4,5)6)26-36(42(38)47-40)30-11-13-31(14-12-30)43-46-39-9-7-8-10-41(39)48-43/h7-27H,1-6H3. The van der Waals surface area contributed by atoms with Gasteiger partial charge in [-0.2, -0.15) is 0 Å². The molecule has 0 aliphatic carbocycles. The lowest BCUT2D eigenvalue weighted by molar-refractivity contribution is 0.590. The highest BCUT2D eigenvalue weighted by molar-refractivity contribution is 6.12. The van der Waals surface area contributed by atoms with Crippen LogP contribution in [0.25, 0.3) is 77.9 Å². The second-order valence-electron chi connectivity index (χ2n) is 14.9. The number of benzene rings is 6. The lowest BCUT2D eigenvalue weighted by atomic mass is 9.86. The monoisotopic (exact) mass is 625 g/mol. The quantitative estimate of drug-likeness (QED) is 0.195. The third-order valence-electron chi connectivity index (χ3n) is 9.48. The van der Waals surface area contributed by atoms with Crippen molar-refractivity contribution < 1.29 is 8.83 Å². The van der Waals surface area contributed by atoms with Gasteiger partial charge in [-0.3, -0.25) is 0 Å². The molecule has 236 valence electrons. The van der Waals surface area contributed by atoms with Crippen molar-refractivity contribution in [1.29, 1.82) is 0 Å². The van der Waals surface area contributed by atoms with Crippen LogP contribution in [-0.4, -0.2) is 4.98 Å². The highest BCUT2D eigenvalue weighted by atomic mass is 16.3. The van der Waals surface area contributed by atoms with E-state index in [2.05, 4.69) is 145 Å². The van der Waals surface area contributed by atoms with E-state index in [0.717, 1.165) is 55.3 Å². The Morgan fingerprint density at radius 1 is 0.438 bits per heavy atom. The molecular weight excluding hydrogens is 587 g/mol. The number of aromatic nitrogens is 1. The minimum Gasteiger partial charge on any atom is -0.455 e. The second kappa shape index (κ2) is 11.1. The van der Waals surface area contributed by atoms with E-state index in [1.807, 2.05) is 24.3 Å². The van der Waals surface area contributed by atoms with Gasteiger partial charge in [-0.05, 0) is 98.3 Å². The lowest BCUT2D eigenvalue weighted by Gasteiger charge is -2.19. The van der Waals surface area contributed by atoms with Gasteiger partial charge in [0, 0.05) is 21.9 Å². The highest BCUT2D eigenvalue weighted by Gasteiger charge is 2.19. The Bertz CT molecular complexity index is 2390. The summed E-state index contributed by atoms with van der Waals surface area (Å²) in [6.07, 6.45) is 0. The number of furan rings is 1. The van der Waals surface area contributed by atoms with E-state index < -0.39 is 0 Å². The largest absolute Gasteiger partial charge is 0.455 e. The first-order chi connectivity index (χ1) is 23.0. The second-order valence-corrected chi connectivity index (χ2v) is 14.9. The van der Waals surface area contributed by atoms with Gasteiger partial charge in [0.1, 0.15) is 16.7 Å². The molecule has 0 saturated heterocycles. The van der Waals surface area contributed by atoms with Crippen molar-refractivity contribution in [3.8, 4) is 44.8 Å². The summed E-state index contributed by atoms with van der Waals surface area (Å²) in [5.41, 5.74) is 14.0. The number of nitrogens with zero attached hydrogens (tertiary/aromatic N) is 1. The van der Waals surface area contributed by atoms with E-state index in [1.165, 1.54) is 27.8 Å². The van der Waals surface area contributed by atoms with E-state index in [0.29, 0.717) is 5.89 Å². The predicted molar refractivity (Wildman–Crippen MR) is 200 cm³/mol. The number of hydrogen-bond acceptors (Lipinski definition) is 3. The van der Waals surface area contributed by atoms with Gasteiger partial charge in [0.25, 0.3) is 0 Å². The van der Waals surface area contributed by atoms with E-state index in [-0.39, 0.29) is 10.8 Å². The molecule has 0 fully saturated rings. The molecule has 0 atom stereocenters. The van der Waals surface area contributed by atoms with Crippen molar-refractivity contribution >= 4 is 33.0 Å². The van der Waals surface area contributed by atoms with E-state index in [1.54, 1.807) is 0 Å². The Morgan fingerprint density at radius 3 is 1.60 bits per heavy atom. The normalized spacial score (nSPS) is 12.4. The molecular formula is C45H39NO2. The molecule has 3 heteroatoms. The molecule has 0 saturated carbocycles. The minimum absolute atomic E-state index is 0.0896. The zero-order chi connectivity index (χ0) is 33.2. The smallest absolute Gasteiger partial charge is 0.227 e. The van der Waals surface area contributed by atoms with Gasteiger partial charge in [0.05, 0.1) is 0 Å². The number of fused-ring (bicyclic) bond motifs is 4. The summed E-state index contributed by atoms with van der Waals surface area (Å²) in [5.74, 6) is 0.618. The average Bonchev–Trinajstić information content (AvgIpc) is 3.69. The molecule has 6 aromatic carbocycles. The van der Waals surface area contributed by atoms with Crippen LogP contribution in [0.15, 0.2) is 136 Å². The van der Waals surface area contributed by atoms with Crippen LogP contribution in [0.4, 0.5) is 0 Å². The van der Waals surface area contributed by atoms with Gasteiger partial charge in [-0.15, -0.1) is 0 Å². The number of hydrogen-bond donors (Lipinski definition) is 0. The van der Waals surface area contributed by atoms with Crippen molar-refractivity contribution in [2.45, 2.75) is 52.4 Å². The van der Waals surface area contributed by atoms with Gasteiger partial charge in [-0.1, -0.05) is 120 Å². The van der Waals surface area contributed by atoms with Gasteiger partial charge in [0.2, 0.25) is 5.89 Å². The van der Waals surface area contributed by atoms with Gasteiger partial charge in [-0.25, -0.2) is 4.98 Å². The van der Waals surface area contributed by atoms with Crippen LogP contribution in [0, 0.1) is 0 Å². The molecule has 0 aliphatic rings. The fraction of sp³-hybridized carbons (Fsp3) is 0.178. The Hall–Kier alpha value is -5.41. The first-order valence-electron chi connectivity index (χ1n) is 16.7.